The van der Waals surface area contributed by atoms with Crippen molar-refractivity contribution in [3.8, 4) is 0 Å². The number of carbonyl (C=O) groups excluding carboxylic acids is 1. The van der Waals surface area contributed by atoms with E-state index in [9.17, 15) is 32.0 Å². The lowest BCUT2D eigenvalue weighted by Crippen LogP contribution is -2.62. The van der Waals surface area contributed by atoms with Gasteiger partial charge in [-0.3, -0.25) is 5.04 Å². The summed E-state index contributed by atoms with van der Waals surface area (Å²) in [6.07, 6.45) is -4.19. The van der Waals surface area contributed by atoms with E-state index >= 15 is 0 Å². The quantitative estimate of drug-likeness (QED) is 0.241. The summed E-state index contributed by atoms with van der Waals surface area (Å²) < 4.78 is 76.0. The third kappa shape index (κ3) is 2.99. The van der Waals surface area contributed by atoms with Crippen molar-refractivity contribution in [1.82, 2.24) is 0 Å². The van der Waals surface area contributed by atoms with Crippen LogP contribution in [-0.4, -0.2) is 23.0 Å². The molecule has 0 N–H and O–H groups in total. The largest absolute Gasteiger partial charge is 0.691 e. The van der Waals surface area contributed by atoms with E-state index in [-0.39, 0.29) is 37.5 Å². The number of esters is 1. The summed E-state index contributed by atoms with van der Waals surface area (Å²) >= 11 is -0.845. The Kier molecular flexibility index (Phi) is 4.30. The van der Waals surface area contributed by atoms with Gasteiger partial charge in [0.2, 0.25) is 0 Å². The van der Waals surface area contributed by atoms with Crippen LogP contribution >= 0.6 is 12.0 Å². The average molecular weight is 377 g/mol. The van der Waals surface area contributed by atoms with Crippen LogP contribution in [0.15, 0.2) is 0 Å². The van der Waals surface area contributed by atoms with Gasteiger partial charge >= 0.3 is 17.4 Å². The molecule has 4 rings (SSSR count). The number of halogens is 5. The molecule has 4 aliphatic rings. The van der Waals surface area contributed by atoms with Gasteiger partial charge in [-0.15, -0.1) is 0 Å². The van der Waals surface area contributed by atoms with Crippen LogP contribution in [0.3, 0.4) is 0 Å². The molecule has 2 unspecified atom stereocenters. The van der Waals surface area contributed by atoms with Gasteiger partial charge in [0.15, 0.2) is 0 Å². The molecule has 0 aromatic rings. The summed E-state index contributed by atoms with van der Waals surface area (Å²) in [5.41, 5.74) is -3.52. The molecule has 0 aromatic carbocycles. The number of ether oxygens (including phenoxy) is 1. The van der Waals surface area contributed by atoms with Crippen LogP contribution in [0.5, 0.6) is 0 Å². The normalized spacial score (nSPS) is 38.4. The van der Waals surface area contributed by atoms with E-state index in [1.165, 1.54) is 0 Å². The molecule has 11 heteroatoms. The van der Waals surface area contributed by atoms with Crippen molar-refractivity contribution in [2.24, 2.45) is 17.3 Å². The number of rotatable bonds is 5. The Morgan fingerprint density at radius 2 is 1.67 bits per heavy atom. The molecule has 0 saturated heterocycles. The highest BCUT2D eigenvalue weighted by molar-refractivity contribution is 7.96. The van der Waals surface area contributed by atoms with E-state index in [2.05, 4.69) is 9.37 Å². The maximum Gasteiger partial charge on any atom is 0.415 e. The van der Waals surface area contributed by atoms with Crippen LogP contribution in [0.1, 0.15) is 38.5 Å². The molecule has 4 bridgehead atoms. The summed E-state index contributed by atoms with van der Waals surface area (Å²) in [7, 11) is 0. The summed E-state index contributed by atoms with van der Waals surface area (Å²) in [6, 6.07) is 0. The second kappa shape index (κ2) is 5.68. The second-order valence-electron chi connectivity index (χ2n) is 7.05. The molecule has 0 aromatic heterocycles. The molecule has 4 aliphatic carbocycles. The molecule has 0 radical (unpaired) electrons. The molecule has 0 spiro atoms. The van der Waals surface area contributed by atoms with E-state index in [4.69, 9.17) is 4.74 Å². The van der Waals surface area contributed by atoms with E-state index < -0.39 is 46.9 Å². The first-order chi connectivity index (χ1) is 11.0. The minimum Gasteiger partial charge on any atom is -0.691 e. The van der Waals surface area contributed by atoms with Gasteiger partial charge in [0.25, 0.3) is 0 Å². The van der Waals surface area contributed by atoms with Crippen LogP contribution in [0.4, 0.5) is 22.0 Å². The predicted octanol–water partition coefficient (Wildman–Crippen LogP) is 2.90. The predicted molar refractivity (Wildman–Crippen MR) is 66.7 cm³/mol. The zero-order valence-electron chi connectivity index (χ0n) is 12.2. The lowest BCUT2D eigenvalue weighted by Gasteiger charge is -2.61. The molecule has 4 saturated carbocycles. The van der Waals surface area contributed by atoms with Crippen molar-refractivity contribution in [2.75, 3.05) is 0 Å². The zero-order chi connectivity index (χ0) is 17.8. The molecule has 0 amide bonds. The first-order valence-corrected chi connectivity index (χ1v) is 8.07. The molecule has 0 heterocycles. The van der Waals surface area contributed by atoms with Gasteiger partial charge in [0.1, 0.15) is 17.6 Å². The molecule has 2 atom stereocenters. The average Bonchev–Trinajstić information content (AvgIpc) is 2.42. The van der Waals surface area contributed by atoms with Crippen molar-refractivity contribution in [3.63, 3.8) is 0 Å². The fraction of sp³-hybridized carbons (Fsp3) is 0.923. The van der Waals surface area contributed by atoms with Crippen molar-refractivity contribution < 1.29 is 46.1 Å². The summed E-state index contributed by atoms with van der Waals surface area (Å²) in [5.74, 6) is -2.63. The zero-order valence-corrected chi connectivity index (χ0v) is 13.1. The van der Waals surface area contributed by atoms with Gasteiger partial charge in [-0.2, -0.15) is 26.3 Å². The smallest absolute Gasteiger partial charge is 0.415 e. The van der Waals surface area contributed by atoms with Crippen molar-refractivity contribution >= 4 is 18.0 Å². The second-order valence-corrected chi connectivity index (χ2v) is 7.86. The SMILES string of the molecule is O=C(OC12CC3CC(C1)CC(C(F)(F)F)(C3)C2)C(F)(F)SOO[O-]. The molecule has 5 nitrogen and oxygen atoms in total. The standard InChI is InChI=1S/C13H15F5O5S/c14-12(15,24-23-22-20)9(19)21-11-4-7-1-8(5-11)3-10(2-7,6-11)13(16,17)18/h7-8,20H,1-6H2/p-1. The van der Waals surface area contributed by atoms with Crippen molar-refractivity contribution in [1.29, 1.82) is 0 Å². The minimum atomic E-state index is -4.47. The molecule has 0 aliphatic heterocycles. The fourth-order valence-electron chi connectivity index (χ4n) is 4.98. The number of alkyl halides is 5. The third-order valence-electron chi connectivity index (χ3n) is 5.32. The Morgan fingerprint density at radius 3 is 2.17 bits per heavy atom. The number of hydrogen-bond acceptors (Lipinski definition) is 6. The number of carbonyl (C=O) groups is 1. The molecular weight excluding hydrogens is 363 g/mol. The molecule has 138 valence electrons. The van der Waals surface area contributed by atoms with Gasteiger partial charge in [0, 0.05) is 6.42 Å². The maximum absolute atomic E-state index is 13.5. The lowest BCUT2D eigenvalue weighted by atomic mass is 9.47. The fourth-order valence-corrected chi connectivity index (χ4v) is 5.20. The Labute approximate surface area is 137 Å². The van der Waals surface area contributed by atoms with Gasteiger partial charge in [-0.25, -0.2) is 4.79 Å². The summed E-state index contributed by atoms with van der Waals surface area (Å²) in [5, 5.41) is 8.12. The highest BCUT2D eigenvalue weighted by atomic mass is 32.2. The van der Waals surface area contributed by atoms with Crippen LogP contribution in [0, 0.1) is 17.3 Å². The molecule has 24 heavy (non-hydrogen) atoms. The van der Waals surface area contributed by atoms with Crippen molar-refractivity contribution in [2.45, 2.75) is 55.6 Å². The van der Waals surface area contributed by atoms with Crippen LogP contribution < -0.4 is 5.26 Å². The lowest BCUT2D eigenvalue weighted by molar-refractivity contribution is -0.777. The highest BCUT2D eigenvalue weighted by Crippen LogP contribution is 2.67. The Hall–Kier alpha value is -0.650. The van der Waals surface area contributed by atoms with Gasteiger partial charge in [0.05, 0.1) is 5.41 Å². The Morgan fingerprint density at radius 1 is 1.08 bits per heavy atom. The molecular formula is C13H14F5O5S-. The highest BCUT2D eigenvalue weighted by Gasteiger charge is 2.69. The van der Waals surface area contributed by atoms with Crippen LogP contribution in [0.2, 0.25) is 0 Å². The topological polar surface area (TPSA) is 67.8 Å². The van der Waals surface area contributed by atoms with Crippen LogP contribution in [0.25, 0.3) is 0 Å². The van der Waals surface area contributed by atoms with Crippen LogP contribution in [-0.2, 0) is 18.9 Å². The van der Waals surface area contributed by atoms with Gasteiger partial charge in [-0.05, 0) is 43.9 Å². The van der Waals surface area contributed by atoms with Gasteiger partial charge in [-0.1, -0.05) is 0 Å². The summed E-state index contributed by atoms with van der Waals surface area (Å²) in [4.78, 5) is 11.7. The van der Waals surface area contributed by atoms with E-state index in [0.717, 1.165) is 0 Å². The summed E-state index contributed by atoms with van der Waals surface area (Å²) in [6.45, 7) is 0. The minimum absolute atomic E-state index is 0.0510. The first-order valence-electron chi connectivity index (χ1n) is 7.33. The Bertz CT molecular complexity index is 511. The first kappa shape index (κ1) is 18.2. The Balaban J connectivity index is 1.79. The van der Waals surface area contributed by atoms with E-state index in [1.54, 1.807) is 0 Å². The van der Waals surface area contributed by atoms with Crippen molar-refractivity contribution in [3.05, 3.63) is 0 Å². The maximum atomic E-state index is 13.5. The van der Waals surface area contributed by atoms with E-state index in [1.807, 2.05) is 0 Å². The molecule has 4 fully saturated rings. The third-order valence-corrected chi connectivity index (χ3v) is 5.82. The van der Waals surface area contributed by atoms with Gasteiger partial charge < -0.3 is 9.99 Å². The monoisotopic (exact) mass is 377 g/mol. The van der Waals surface area contributed by atoms with E-state index in [0.29, 0.717) is 6.42 Å². The number of hydrogen-bond donors (Lipinski definition) is 0.